The fourth-order valence-corrected chi connectivity index (χ4v) is 11.3. The number of anilines is 3. The zero-order chi connectivity index (χ0) is 47.0. The lowest BCUT2D eigenvalue weighted by atomic mass is 9.79. The number of aliphatic hydroxyl groups is 1. The molecule has 1 saturated carbocycles. The van der Waals surface area contributed by atoms with E-state index >= 15 is 0 Å². The van der Waals surface area contributed by atoms with Crippen LogP contribution in [0.5, 0.6) is 5.75 Å². The number of nitrogen functional groups attached to an aromatic ring is 1. The summed E-state index contributed by atoms with van der Waals surface area (Å²) in [5, 5.41) is 35.7. The predicted molar refractivity (Wildman–Crippen MR) is 258 cm³/mol. The first-order valence-corrected chi connectivity index (χ1v) is 24.4. The Morgan fingerprint density at radius 2 is 1.66 bits per heavy atom. The number of carbonyl (C=O) groups excluding carboxylic acids is 3. The van der Waals surface area contributed by atoms with Gasteiger partial charge in [-0.1, -0.05) is 57.2 Å². The molecule has 3 saturated heterocycles. The number of aromatic nitrogens is 5. The van der Waals surface area contributed by atoms with Gasteiger partial charge in [-0.3, -0.25) is 14.4 Å². The number of rotatable bonds is 12. The third kappa shape index (κ3) is 9.94. The first-order valence-electron chi connectivity index (χ1n) is 23.5. The van der Waals surface area contributed by atoms with E-state index in [1.165, 1.54) is 4.90 Å². The summed E-state index contributed by atoms with van der Waals surface area (Å²) in [6, 6.07) is 17.7. The highest BCUT2D eigenvalue weighted by Crippen LogP contribution is 2.41. The monoisotopic (exact) mass is 927 g/mol. The van der Waals surface area contributed by atoms with Crippen molar-refractivity contribution in [2.24, 2.45) is 11.3 Å². The number of aryl methyl sites for hydroxylation is 1. The fourth-order valence-electron chi connectivity index (χ4n) is 10.5. The molecule has 3 aromatic heterocycles. The van der Waals surface area contributed by atoms with Gasteiger partial charge in [-0.2, -0.15) is 0 Å². The first kappa shape index (κ1) is 45.9. The van der Waals surface area contributed by atoms with E-state index in [0.717, 1.165) is 90.6 Å². The van der Waals surface area contributed by atoms with Gasteiger partial charge in [0.05, 0.1) is 33.6 Å². The van der Waals surface area contributed by atoms with Crippen LogP contribution in [-0.4, -0.2) is 108 Å². The molecular formula is C50H61N11O5S. The van der Waals surface area contributed by atoms with E-state index in [0.29, 0.717) is 23.5 Å². The molecule has 0 radical (unpaired) electrons. The number of thiazole rings is 1. The van der Waals surface area contributed by atoms with Crippen molar-refractivity contribution in [3.8, 4) is 27.4 Å². The second-order valence-corrected chi connectivity index (χ2v) is 20.7. The minimum absolute atomic E-state index is 0.0221. The number of likely N-dealkylation sites (tertiary alicyclic amines) is 1. The van der Waals surface area contributed by atoms with E-state index in [-0.39, 0.29) is 66.9 Å². The summed E-state index contributed by atoms with van der Waals surface area (Å²) in [4.78, 5) is 63.1. The average Bonchev–Trinajstić information content (AvgIpc) is 4.01. The Balaban J connectivity index is 0.778. The van der Waals surface area contributed by atoms with Gasteiger partial charge in [-0.05, 0) is 92.2 Å². The maximum atomic E-state index is 14.3. The van der Waals surface area contributed by atoms with Gasteiger partial charge in [0.1, 0.15) is 29.5 Å². The van der Waals surface area contributed by atoms with Crippen molar-refractivity contribution in [3.63, 3.8) is 0 Å². The van der Waals surface area contributed by atoms with E-state index in [2.05, 4.69) is 35.6 Å². The third-order valence-corrected chi connectivity index (χ3v) is 15.1. The highest BCUT2D eigenvalue weighted by Gasteiger charge is 2.45. The largest absolute Gasteiger partial charge is 0.507 e. The Morgan fingerprint density at radius 1 is 0.925 bits per heavy atom. The zero-order valence-corrected chi connectivity index (χ0v) is 39.5. The molecule has 2 aromatic carbocycles. The quantitative estimate of drug-likeness (QED) is 0.0975. The van der Waals surface area contributed by atoms with Crippen LogP contribution in [0.3, 0.4) is 0 Å². The van der Waals surface area contributed by atoms with Crippen molar-refractivity contribution >= 4 is 46.4 Å². The number of nitrogens with zero attached hydrogens (tertiary/aromatic N) is 8. The molecule has 1 aliphatic carbocycles. The van der Waals surface area contributed by atoms with Crippen LogP contribution < -0.4 is 26.2 Å². The summed E-state index contributed by atoms with van der Waals surface area (Å²) in [6.45, 7) is 9.50. The number of nitrogens with two attached hydrogens (primary N) is 1. The molecule has 3 aliphatic heterocycles. The van der Waals surface area contributed by atoms with Crippen LogP contribution >= 0.6 is 11.3 Å². The number of carbonyl (C=O) groups is 3. The number of aromatic hydroxyl groups is 1. The number of piperazine rings is 1. The van der Waals surface area contributed by atoms with Crippen molar-refractivity contribution in [1.29, 1.82) is 0 Å². The number of aliphatic hydroxyl groups excluding tert-OH is 1. The molecule has 16 nitrogen and oxygen atoms in total. The first-order chi connectivity index (χ1) is 32.2. The summed E-state index contributed by atoms with van der Waals surface area (Å²) in [7, 11) is 0. The van der Waals surface area contributed by atoms with Gasteiger partial charge in [0, 0.05) is 68.8 Å². The van der Waals surface area contributed by atoms with E-state index < -0.39 is 23.6 Å². The molecule has 17 heteroatoms. The Labute approximate surface area is 395 Å². The summed E-state index contributed by atoms with van der Waals surface area (Å²) < 4.78 is 0. The molecular weight excluding hydrogens is 867 g/mol. The van der Waals surface area contributed by atoms with Gasteiger partial charge in [0.15, 0.2) is 5.82 Å². The molecule has 4 fully saturated rings. The van der Waals surface area contributed by atoms with Gasteiger partial charge in [-0.15, -0.1) is 21.5 Å². The van der Waals surface area contributed by atoms with Crippen LogP contribution in [-0.2, 0) is 20.9 Å². The Morgan fingerprint density at radius 3 is 2.34 bits per heavy atom. The molecule has 5 aromatic rings. The van der Waals surface area contributed by atoms with Crippen molar-refractivity contribution in [2.75, 3.05) is 35.2 Å². The van der Waals surface area contributed by atoms with Crippen molar-refractivity contribution in [2.45, 2.75) is 122 Å². The normalized spacial score (nSPS) is 23.3. The smallest absolute Gasteiger partial charge is 0.246 e. The maximum absolute atomic E-state index is 14.3. The van der Waals surface area contributed by atoms with Crippen LogP contribution in [0.15, 0.2) is 72.4 Å². The number of para-hydroxylation sites is 1. The van der Waals surface area contributed by atoms with Gasteiger partial charge in [0.2, 0.25) is 17.7 Å². The second-order valence-electron chi connectivity index (χ2n) is 19.9. The third-order valence-electron chi connectivity index (χ3n) is 14.1. The van der Waals surface area contributed by atoms with Crippen molar-refractivity contribution in [1.82, 2.24) is 40.7 Å². The predicted octanol–water partition coefficient (Wildman–Crippen LogP) is 5.98. The molecule has 3 amide bonds. The summed E-state index contributed by atoms with van der Waals surface area (Å²) >= 11 is 1.58. The van der Waals surface area contributed by atoms with E-state index in [1.54, 1.807) is 23.5 Å². The Kier molecular flexibility index (Phi) is 13.2. The molecule has 67 heavy (non-hydrogen) atoms. The number of β-amino-alcohol motifs (C(OH)–C–C–N with tert-alkyl or cyclic N) is 1. The van der Waals surface area contributed by atoms with Gasteiger partial charge in [-0.25, -0.2) is 15.0 Å². The number of fused-ring (bicyclic) bond motifs is 2. The number of phenolic OH excluding ortho intramolecular Hbond substituents is 1. The van der Waals surface area contributed by atoms with Crippen molar-refractivity contribution < 1.29 is 24.6 Å². The average molecular weight is 928 g/mol. The van der Waals surface area contributed by atoms with Gasteiger partial charge >= 0.3 is 0 Å². The SMILES string of the molecule is Cc1ncsc1-c1ccc(CNC(=O)[C@@H]2C[C@@H](O)CN2C(=O)[C@@H](NC(=O)C[C@H]2CC[C@H](c3nccc(N4C5CCC4CN(c4cc(-c6ccccc6O)nnc4N)C5)n3)CC2)C(C)(C)C)cc1. The van der Waals surface area contributed by atoms with E-state index in [4.69, 9.17) is 15.7 Å². The van der Waals surface area contributed by atoms with Gasteiger partial charge < -0.3 is 41.3 Å². The summed E-state index contributed by atoms with van der Waals surface area (Å²) in [6.07, 6.45) is 6.88. The molecule has 352 valence electrons. The minimum Gasteiger partial charge on any atom is -0.507 e. The number of phenols is 1. The molecule has 2 unspecified atom stereocenters. The lowest BCUT2D eigenvalue weighted by Crippen LogP contribution is -2.57. The molecule has 0 spiro atoms. The summed E-state index contributed by atoms with van der Waals surface area (Å²) in [5.41, 5.74) is 12.5. The highest BCUT2D eigenvalue weighted by molar-refractivity contribution is 7.13. The van der Waals surface area contributed by atoms with Crippen molar-refractivity contribution in [3.05, 3.63) is 89.5 Å². The maximum Gasteiger partial charge on any atom is 0.246 e. The number of nitrogens with one attached hydrogen (secondary N) is 2. The molecule has 4 aliphatic rings. The van der Waals surface area contributed by atoms with Crippen LogP contribution in [0.25, 0.3) is 21.7 Å². The lowest BCUT2D eigenvalue weighted by Gasteiger charge is -2.43. The lowest BCUT2D eigenvalue weighted by molar-refractivity contribution is -0.144. The Bertz CT molecular complexity index is 2580. The number of hydrogen-bond donors (Lipinski definition) is 5. The molecule has 9 rings (SSSR count). The van der Waals surface area contributed by atoms with Crippen LogP contribution in [0.2, 0.25) is 0 Å². The molecule has 6 heterocycles. The second kappa shape index (κ2) is 19.2. The standard InChI is InChI=1S/C50H61N11O5S/c1-29-44(67-28-54-29)32-13-11-31(12-14-32)24-53-48(65)40-22-36(62)27-60(40)49(66)45(50(2,3)4)56-43(64)21-30-9-15-33(16-10-30)47-52-20-19-42(55-47)61-34-17-18-35(61)26-59(25-34)39-23-38(57-58-46(39)51)37-7-5-6-8-41(37)63/h5-8,11-14,19-20,23,28,30,33-36,40,45,62-63H,9-10,15-18,21-22,24-27H2,1-4H3,(H2,51,58)(H,53,65)(H,56,64)/t30-,33-,34?,35?,36-,40+,45-/m1/s1. The van der Waals surface area contributed by atoms with Crippen LogP contribution in [0, 0.1) is 18.3 Å². The van der Waals surface area contributed by atoms with E-state index in [1.807, 2.05) is 87.9 Å². The highest BCUT2D eigenvalue weighted by atomic mass is 32.1. The van der Waals surface area contributed by atoms with Crippen LogP contribution in [0.1, 0.15) is 95.1 Å². The number of hydrogen-bond acceptors (Lipinski definition) is 14. The van der Waals surface area contributed by atoms with Gasteiger partial charge in [0.25, 0.3) is 0 Å². The number of benzene rings is 2. The van der Waals surface area contributed by atoms with Crippen LogP contribution in [0.4, 0.5) is 17.3 Å². The topological polar surface area (TPSA) is 216 Å². The Hall–Kier alpha value is -6.20. The summed E-state index contributed by atoms with van der Waals surface area (Å²) in [5.74, 6) is 1.70. The molecule has 5 atom stereocenters. The number of amides is 3. The fraction of sp³-hybridized carbons (Fsp3) is 0.480. The van der Waals surface area contributed by atoms with E-state index in [9.17, 15) is 24.6 Å². The molecule has 6 N–H and O–H groups in total. The zero-order valence-electron chi connectivity index (χ0n) is 38.6. The minimum atomic E-state index is -0.882. The molecule has 2 bridgehead atoms.